The minimum absolute atomic E-state index is 0.263. The molecule has 0 fully saturated rings. The van der Waals surface area contributed by atoms with Crippen LogP contribution in [0.4, 0.5) is 13.2 Å². The number of hydrogen-bond donors (Lipinski definition) is 2. The molecule has 7 heteroatoms. The largest absolute Gasteiger partial charge is 0.465 e. The van der Waals surface area contributed by atoms with Crippen molar-refractivity contribution in [2.24, 2.45) is 0 Å². The third-order valence-corrected chi connectivity index (χ3v) is 1.75. The van der Waals surface area contributed by atoms with Gasteiger partial charge < -0.3 is 15.2 Å². The molecule has 0 aliphatic heterocycles. The smallest absolute Gasteiger partial charge is 0.415 e. The van der Waals surface area contributed by atoms with Crippen LogP contribution in [0.1, 0.15) is 19.8 Å². The number of carbonyl (C=O) groups is 1. The van der Waals surface area contributed by atoms with Crippen molar-refractivity contribution < 1.29 is 27.8 Å². The Morgan fingerprint density at radius 3 is 2.62 bits per heavy atom. The zero-order valence-corrected chi connectivity index (χ0v) is 9.01. The molecule has 0 heterocycles. The van der Waals surface area contributed by atoms with Gasteiger partial charge in [0.1, 0.15) is 0 Å². The van der Waals surface area contributed by atoms with Gasteiger partial charge in [-0.25, -0.2) is 0 Å². The summed E-state index contributed by atoms with van der Waals surface area (Å²) in [6, 6.07) is 0. The maximum Gasteiger partial charge on any atom is 0.415 e. The third kappa shape index (κ3) is 7.47. The van der Waals surface area contributed by atoms with Gasteiger partial charge in [0, 0.05) is 6.54 Å². The highest BCUT2D eigenvalue weighted by Gasteiger charge is 2.37. The Kier molecular flexibility index (Phi) is 7.07. The van der Waals surface area contributed by atoms with Crippen molar-refractivity contribution in [3.8, 4) is 0 Å². The number of esters is 1. The van der Waals surface area contributed by atoms with Gasteiger partial charge in [-0.3, -0.25) is 4.79 Å². The highest BCUT2D eigenvalue weighted by atomic mass is 19.4. The Hall–Kier alpha value is -0.820. The Labute approximate surface area is 91.8 Å². The van der Waals surface area contributed by atoms with Crippen molar-refractivity contribution in [3.63, 3.8) is 0 Å². The lowest BCUT2D eigenvalue weighted by Crippen LogP contribution is -2.40. The van der Waals surface area contributed by atoms with E-state index in [1.807, 2.05) is 6.92 Å². The molecule has 0 amide bonds. The van der Waals surface area contributed by atoms with Crippen LogP contribution < -0.4 is 5.32 Å². The predicted molar refractivity (Wildman–Crippen MR) is 50.8 cm³/mol. The number of aliphatic hydroxyl groups is 1. The van der Waals surface area contributed by atoms with Crippen molar-refractivity contribution >= 4 is 5.97 Å². The number of halogens is 3. The Balaban J connectivity index is 3.54. The molecule has 4 nitrogen and oxygen atoms in total. The molecule has 0 saturated heterocycles. The third-order valence-electron chi connectivity index (χ3n) is 1.75. The summed E-state index contributed by atoms with van der Waals surface area (Å²) in [5.74, 6) is -0.622. The van der Waals surface area contributed by atoms with Crippen molar-refractivity contribution in [3.05, 3.63) is 0 Å². The summed E-state index contributed by atoms with van der Waals surface area (Å²) < 4.78 is 40.1. The predicted octanol–water partition coefficient (Wildman–Crippen LogP) is 0.843. The van der Waals surface area contributed by atoms with E-state index in [2.05, 4.69) is 10.1 Å². The number of ether oxygens (including phenoxy) is 1. The van der Waals surface area contributed by atoms with Gasteiger partial charge in [-0.15, -0.1) is 0 Å². The van der Waals surface area contributed by atoms with Crippen molar-refractivity contribution in [2.45, 2.75) is 32.0 Å². The molecule has 0 spiro atoms. The molecular formula is C9H16F3NO3. The van der Waals surface area contributed by atoms with E-state index in [0.29, 0.717) is 0 Å². The molecular weight excluding hydrogens is 227 g/mol. The number of rotatable bonds is 7. The Morgan fingerprint density at radius 2 is 2.12 bits per heavy atom. The van der Waals surface area contributed by atoms with E-state index >= 15 is 0 Å². The highest BCUT2D eigenvalue weighted by molar-refractivity contribution is 5.71. The number of unbranched alkanes of at least 4 members (excludes halogenated alkanes) is 1. The second kappa shape index (κ2) is 7.45. The number of carbonyl (C=O) groups excluding carboxylic acids is 1. The maximum atomic E-state index is 11.8. The summed E-state index contributed by atoms with van der Waals surface area (Å²) in [6.45, 7) is 1.13. The lowest BCUT2D eigenvalue weighted by Gasteiger charge is -2.14. The van der Waals surface area contributed by atoms with E-state index in [9.17, 15) is 18.0 Å². The zero-order valence-electron chi connectivity index (χ0n) is 9.01. The van der Waals surface area contributed by atoms with E-state index < -0.39 is 24.8 Å². The number of alkyl halides is 3. The maximum absolute atomic E-state index is 11.8. The summed E-state index contributed by atoms with van der Waals surface area (Å²) >= 11 is 0. The first-order chi connectivity index (χ1) is 7.38. The minimum Gasteiger partial charge on any atom is -0.465 e. The zero-order chi connectivity index (χ0) is 12.6. The molecule has 0 aromatic carbocycles. The van der Waals surface area contributed by atoms with Gasteiger partial charge in [0.05, 0.1) is 13.2 Å². The van der Waals surface area contributed by atoms with E-state index in [0.717, 1.165) is 12.8 Å². The quantitative estimate of drug-likeness (QED) is 0.514. The minimum atomic E-state index is -4.67. The molecule has 0 bridgehead atoms. The second-order valence-electron chi connectivity index (χ2n) is 3.26. The Bertz CT molecular complexity index is 209. The highest BCUT2D eigenvalue weighted by Crippen LogP contribution is 2.18. The van der Waals surface area contributed by atoms with Crippen LogP contribution in [-0.4, -0.2) is 43.1 Å². The van der Waals surface area contributed by atoms with Gasteiger partial charge in [0.15, 0.2) is 6.10 Å². The topological polar surface area (TPSA) is 58.6 Å². The van der Waals surface area contributed by atoms with Crippen LogP contribution in [0.2, 0.25) is 0 Å². The molecule has 0 aliphatic rings. The summed E-state index contributed by atoms with van der Waals surface area (Å²) in [7, 11) is 0. The average molecular weight is 243 g/mol. The fraction of sp³-hybridized carbons (Fsp3) is 0.889. The van der Waals surface area contributed by atoms with Crippen LogP contribution >= 0.6 is 0 Å². The molecule has 16 heavy (non-hydrogen) atoms. The van der Waals surface area contributed by atoms with Gasteiger partial charge >= 0.3 is 12.1 Å². The number of nitrogens with one attached hydrogen (secondary N) is 1. The molecule has 2 N–H and O–H groups in total. The van der Waals surface area contributed by atoms with Crippen LogP contribution in [0.15, 0.2) is 0 Å². The second-order valence-corrected chi connectivity index (χ2v) is 3.26. The van der Waals surface area contributed by atoms with Gasteiger partial charge in [0.2, 0.25) is 0 Å². The monoisotopic (exact) mass is 243 g/mol. The van der Waals surface area contributed by atoms with Crippen LogP contribution in [-0.2, 0) is 9.53 Å². The molecule has 0 aliphatic carbocycles. The molecule has 0 aromatic heterocycles. The van der Waals surface area contributed by atoms with Crippen molar-refractivity contribution in [2.75, 3.05) is 19.7 Å². The molecule has 0 saturated carbocycles. The Morgan fingerprint density at radius 1 is 1.50 bits per heavy atom. The normalized spacial score (nSPS) is 13.6. The van der Waals surface area contributed by atoms with Gasteiger partial charge in [-0.05, 0) is 6.42 Å². The van der Waals surface area contributed by atoms with Crippen LogP contribution in [0.25, 0.3) is 0 Å². The number of aliphatic hydroxyl groups excluding tert-OH is 1. The van der Waals surface area contributed by atoms with Crippen LogP contribution in [0, 0.1) is 0 Å². The van der Waals surface area contributed by atoms with Gasteiger partial charge in [-0.1, -0.05) is 13.3 Å². The molecule has 0 radical (unpaired) electrons. The van der Waals surface area contributed by atoms with Crippen LogP contribution in [0.5, 0.6) is 0 Å². The summed E-state index contributed by atoms with van der Waals surface area (Å²) in [4.78, 5) is 10.9. The molecule has 0 aromatic rings. The SMILES string of the molecule is CCCCOC(=O)CNCC(O)C(F)(F)F. The lowest BCUT2D eigenvalue weighted by molar-refractivity contribution is -0.202. The molecule has 1 unspecified atom stereocenters. The number of hydrogen-bond acceptors (Lipinski definition) is 4. The fourth-order valence-electron chi connectivity index (χ4n) is 0.808. The first-order valence-electron chi connectivity index (χ1n) is 4.99. The van der Waals surface area contributed by atoms with E-state index in [4.69, 9.17) is 5.11 Å². The first kappa shape index (κ1) is 15.2. The van der Waals surface area contributed by atoms with Gasteiger partial charge in [-0.2, -0.15) is 13.2 Å². The summed E-state index contributed by atoms with van der Waals surface area (Å²) in [5.41, 5.74) is 0. The lowest BCUT2D eigenvalue weighted by atomic mass is 10.3. The first-order valence-corrected chi connectivity index (χ1v) is 4.99. The van der Waals surface area contributed by atoms with E-state index in [1.54, 1.807) is 0 Å². The molecule has 1 atom stereocenters. The standard InChI is InChI=1S/C9H16F3NO3/c1-2-3-4-16-8(15)6-13-5-7(14)9(10,11)12/h7,13-14H,2-6H2,1H3. The summed E-state index contributed by atoms with van der Waals surface area (Å²) in [6.07, 6.45) is -5.54. The molecule has 0 rings (SSSR count). The van der Waals surface area contributed by atoms with E-state index in [1.165, 1.54) is 0 Å². The van der Waals surface area contributed by atoms with E-state index in [-0.39, 0.29) is 13.2 Å². The van der Waals surface area contributed by atoms with Crippen molar-refractivity contribution in [1.82, 2.24) is 5.32 Å². The van der Waals surface area contributed by atoms with Crippen LogP contribution in [0.3, 0.4) is 0 Å². The van der Waals surface area contributed by atoms with Gasteiger partial charge in [0.25, 0.3) is 0 Å². The molecule has 96 valence electrons. The van der Waals surface area contributed by atoms with Crippen molar-refractivity contribution in [1.29, 1.82) is 0 Å². The fourth-order valence-corrected chi connectivity index (χ4v) is 0.808. The summed E-state index contributed by atoms with van der Waals surface area (Å²) in [5, 5.41) is 10.7. The average Bonchev–Trinajstić information content (AvgIpc) is 2.16.